The van der Waals surface area contributed by atoms with Crippen molar-refractivity contribution in [2.75, 3.05) is 33.3 Å². The van der Waals surface area contributed by atoms with E-state index in [0.29, 0.717) is 22.5 Å². The summed E-state index contributed by atoms with van der Waals surface area (Å²) in [6, 6.07) is 17.5. The van der Waals surface area contributed by atoms with E-state index < -0.39 is 10.0 Å². The summed E-state index contributed by atoms with van der Waals surface area (Å²) in [7, 11) is -2.13. The van der Waals surface area contributed by atoms with Crippen molar-refractivity contribution in [1.29, 1.82) is 0 Å². The molecule has 0 unspecified atom stereocenters. The number of aromatic nitrogens is 2. The van der Waals surface area contributed by atoms with Gasteiger partial charge in [0.2, 0.25) is 10.0 Å². The Morgan fingerprint density at radius 1 is 0.944 bits per heavy atom. The summed E-state index contributed by atoms with van der Waals surface area (Å²) in [6.07, 6.45) is 3.37. The van der Waals surface area contributed by atoms with Crippen LogP contribution < -0.4 is 4.74 Å². The Bertz CT molecular complexity index is 1520. The van der Waals surface area contributed by atoms with E-state index >= 15 is 0 Å². The summed E-state index contributed by atoms with van der Waals surface area (Å²) >= 11 is 3.49. The topological polar surface area (TPSA) is 92.7 Å². The molecule has 0 N–H and O–H groups in total. The highest BCUT2D eigenvalue weighted by Crippen LogP contribution is 2.29. The monoisotopic (exact) mass is 566 g/mol. The second kappa shape index (κ2) is 9.96. The smallest absolute Gasteiger partial charge is 0.254 e. The first-order valence-corrected chi connectivity index (χ1v) is 13.5. The van der Waals surface area contributed by atoms with Crippen LogP contribution in [0.3, 0.4) is 0 Å². The number of nitrogens with zero attached hydrogens (tertiary/aromatic N) is 4. The number of amides is 1. The molecule has 10 heteroatoms. The van der Waals surface area contributed by atoms with E-state index in [9.17, 15) is 13.2 Å². The van der Waals surface area contributed by atoms with Crippen LogP contribution in [0.25, 0.3) is 22.2 Å². The summed E-state index contributed by atoms with van der Waals surface area (Å²) in [5.41, 5.74) is 2.77. The number of fused-ring (bicyclic) bond motifs is 1. The highest BCUT2D eigenvalue weighted by atomic mass is 79.9. The van der Waals surface area contributed by atoms with Gasteiger partial charge in [0.15, 0.2) is 0 Å². The summed E-state index contributed by atoms with van der Waals surface area (Å²) < 4.78 is 33.6. The maximum absolute atomic E-state index is 13.7. The van der Waals surface area contributed by atoms with Gasteiger partial charge in [-0.05, 0) is 60.7 Å². The zero-order valence-electron chi connectivity index (χ0n) is 19.5. The van der Waals surface area contributed by atoms with E-state index in [0.717, 1.165) is 15.4 Å². The van der Waals surface area contributed by atoms with Crippen LogP contribution in [0.1, 0.15) is 10.4 Å². The fourth-order valence-electron chi connectivity index (χ4n) is 4.24. The third kappa shape index (κ3) is 4.71. The maximum Gasteiger partial charge on any atom is 0.254 e. The van der Waals surface area contributed by atoms with Crippen molar-refractivity contribution in [1.82, 2.24) is 19.2 Å². The molecule has 1 aliphatic heterocycles. The van der Waals surface area contributed by atoms with Crippen LogP contribution in [0, 0.1) is 0 Å². The number of pyridine rings is 2. The van der Waals surface area contributed by atoms with E-state index in [2.05, 4.69) is 20.9 Å². The molecule has 36 heavy (non-hydrogen) atoms. The number of rotatable bonds is 5. The molecule has 1 aliphatic rings. The number of carbonyl (C=O) groups is 1. The molecule has 4 aromatic rings. The molecule has 5 rings (SSSR count). The summed E-state index contributed by atoms with van der Waals surface area (Å²) in [4.78, 5) is 24.4. The molecule has 1 fully saturated rings. The number of sulfonamides is 1. The van der Waals surface area contributed by atoms with Crippen molar-refractivity contribution < 1.29 is 17.9 Å². The molecule has 0 spiro atoms. The number of hydrogen-bond donors (Lipinski definition) is 0. The number of hydrogen-bond acceptors (Lipinski definition) is 6. The Hall–Kier alpha value is -3.34. The predicted octanol–water partition coefficient (Wildman–Crippen LogP) is 4.21. The Balaban J connectivity index is 1.41. The van der Waals surface area contributed by atoms with Crippen molar-refractivity contribution in [3.05, 3.63) is 83.1 Å². The predicted molar refractivity (Wildman–Crippen MR) is 140 cm³/mol. The zero-order chi connectivity index (χ0) is 25.3. The minimum absolute atomic E-state index is 0.155. The average Bonchev–Trinajstić information content (AvgIpc) is 2.92. The first kappa shape index (κ1) is 24.4. The number of piperazine rings is 1. The number of methoxy groups -OCH3 is 1. The van der Waals surface area contributed by atoms with Crippen LogP contribution in [-0.2, 0) is 10.0 Å². The maximum atomic E-state index is 13.7. The highest BCUT2D eigenvalue weighted by molar-refractivity contribution is 9.10. The van der Waals surface area contributed by atoms with E-state index in [1.54, 1.807) is 35.5 Å². The molecule has 2 aromatic carbocycles. The minimum Gasteiger partial charge on any atom is -0.497 e. The third-order valence-corrected chi connectivity index (χ3v) is 8.61. The minimum atomic E-state index is -3.67. The van der Waals surface area contributed by atoms with Gasteiger partial charge in [-0.15, -0.1) is 0 Å². The van der Waals surface area contributed by atoms with Gasteiger partial charge in [0.25, 0.3) is 5.91 Å². The van der Waals surface area contributed by atoms with Gasteiger partial charge in [0.05, 0.1) is 28.8 Å². The first-order valence-electron chi connectivity index (χ1n) is 11.3. The van der Waals surface area contributed by atoms with E-state index in [4.69, 9.17) is 9.72 Å². The Morgan fingerprint density at radius 3 is 2.31 bits per heavy atom. The molecular formula is C26H23BrN4O4S. The number of carbonyl (C=O) groups excluding carboxylic acids is 1. The lowest BCUT2D eigenvalue weighted by Gasteiger charge is -2.34. The molecule has 0 saturated carbocycles. The van der Waals surface area contributed by atoms with Crippen molar-refractivity contribution in [3.63, 3.8) is 0 Å². The van der Waals surface area contributed by atoms with Gasteiger partial charge in [0.1, 0.15) is 5.75 Å². The van der Waals surface area contributed by atoms with Crippen molar-refractivity contribution >= 4 is 42.8 Å². The number of benzene rings is 2. The molecule has 0 radical (unpaired) electrons. The van der Waals surface area contributed by atoms with Crippen LogP contribution in [0.5, 0.6) is 5.75 Å². The number of halogens is 1. The van der Waals surface area contributed by atoms with Gasteiger partial charge in [-0.1, -0.05) is 15.9 Å². The van der Waals surface area contributed by atoms with Crippen LogP contribution in [0.4, 0.5) is 0 Å². The second-order valence-electron chi connectivity index (χ2n) is 8.32. The van der Waals surface area contributed by atoms with Crippen LogP contribution in [-0.4, -0.2) is 66.8 Å². The van der Waals surface area contributed by atoms with Crippen LogP contribution >= 0.6 is 15.9 Å². The van der Waals surface area contributed by atoms with Gasteiger partial charge in [-0.2, -0.15) is 4.31 Å². The molecule has 8 nitrogen and oxygen atoms in total. The van der Waals surface area contributed by atoms with Crippen molar-refractivity contribution in [2.24, 2.45) is 0 Å². The zero-order valence-corrected chi connectivity index (χ0v) is 21.9. The largest absolute Gasteiger partial charge is 0.497 e. The van der Waals surface area contributed by atoms with Gasteiger partial charge in [0, 0.05) is 54.0 Å². The lowest BCUT2D eigenvalue weighted by atomic mass is 10.0. The molecule has 2 aromatic heterocycles. The molecule has 3 heterocycles. The highest BCUT2D eigenvalue weighted by Gasteiger charge is 2.31. The fraction of sp³-hybridized carbons (Fsp3) is 0.192. The lowest BCUT2D eigenvalue weighted by Crippen LogP contribution is -2.50. The Kier molecular flexibility index (Phi) is 6.74. The standard InChI is InChI=1S/C26H23BrN4O4S/c1-35-20-3-5-21(6-4-20)36(33,34)31-14-12-30(13-15-31)26(32)23-17-25(18-8-10-28-11-9-18)29-24-7-2-19(27)16-22(23)24/h2-11,16-17H,12-15H2,1H3. The Labute approximate surface area is 217 Å². The molecule has 1 saturated heterocycles. The van der Waals surface area contributed by atoms with E-state index in [1.165, 1.54) is 23.5 Å². The molecular weight excluding hydrogens is 544 g/mol. The van der Waals surface area contributed by atoms with Crippen LogP contribution in [0.2, 0.25) is 0 Å². The van der Waals surface area contributed by atoms with Gasteiger partial charge in [-0.3, -0.25) is 9.78 Å². The first-order chi connectivity index (χ1) is 17.4. The molecule has 184 valence electrons. The van der Waals surface area contributed by atoms with Crippen molar-refractivity contribution in [2.45, 2.75) is 4.90 Å². The third-order valence-electron chi connectivity index (χ3n) is 6.20. The quantitative estimate of drug-likeness (QED) is 0.359. The normalized spacial score (nSPS) is 14.7. The van der Waals surface area contributed by atoms with Gasteiger partial charge >= 0.3 is 0 Å². The van der Waals surface area contributed by atoms with Gasteiger partial charge < -0.3 is 9.64 Å². The van der Waals surface area contributed by atoms with E-state index in [-0.39, 0.29) is 37.0 Å². The average molecular weight is 567 g/mol. The fourth-order valence-corrected chi connectivity index (χ4v) is 6.03. The summed E-state index contributed by atoms with van der Waals surface area (Å²) in [6.45, 7) is 1.00. The summed E-state index contributed by atoms with van der Waals surface area (Å²) in [5, 5.41) is 0.737. The molecule has 1 amide bonds. The van der Waals surface area contributed by atoms with Crippen molar-refractivity contribution in [3.8, 4) is 17.0 Å². The van der Waals surface area contributed by atoms with Crippen LogP contribution in [0.15, 0.2) is 82.4 Å². The summed E-state index contributed by atoms with van der Waals surface area (Å²) in [5.74, 6) is 0.434. The Morgan fingerprint density at radius 2 is 1.64 bits per heavy atom. The molecule has 0 aliphatic carbocycles. The number of ether oxygens (including phenoxy) is 1. The van der Waals surface area contributed by atoms with Gasteiger partial charge in [-0.25, -0.2) is 13.4 Å². The second-order valence-corrected chi connectivity index (χ2v) is 11.2. The SMILES string of the molecule is COc1ccc(S(=O)(=O)N2CCN(C(=O)c3cc(-c4ccncc4)nc4ccc(Br)cc34)CC2)cc1. The molecule has 0 bridgehead atoms. The van der Waals surface area contributed by atoms with E-state index in [1.807, 2.05) is 30.3 Å². The molecule has 0 atom stereocenters. The lowest BCUT2D eigenvalue weighted by molar-refractivity contribution is 0.0700.